The van der Waals surface area contributed by atoms with Crippen LogP contribution in [0.3, 0.4) is 0 Å². The average Bonchev–Trinajstić information content (AvgIpc) is 2.68. The van der Waals surface area contributed by atoms with Gasteiger partial charge in [-0.05, 0) is 30.5 Å². The molecule has 4 heteroatoms. The van der Waals surface area contributed by atoms with Gasteiger partial charge in [0.1, 0.15) is 0 Å². The van der Waals surface area contributed by atoms with E-state index >= 15 is 0 Å². The van der Waals surface area contributed by atoms with Crippen molar-refractivity contribution >= 4 is 17.5 Å². The van der Waals surface area contributed by atoms with Gasteiger partial charge in [0.15, 0.2) is 0 Å². The minimum Gasteiger partial charge on any atom is -0.378 e. The average molecular weight is 266 g/mol. The van der Waals surface area contributed by atoms with Gasteiger partial charge in [0.05, 0.1) is 12.5 Å². The first-order valence-electron chi connectivity index (χ1n) is 6.38. The van der Waals surface area contributed by atoms with Gasteiger partial charge in [0, 0.05) is 23.6 Å². The number of fused-ring (bicyclic) bond motifs is 1. The van der Waals surface area contributed by atoms with Crippen LogP contribution in [0.4, 0.5) is 0 Å². The van der Waals surface area contributed by atoms with Crippen LogP contribution in [0.1, 0.15) is 18.4 Å². The summed E-state index contributed by atoms with van der Waals surface area (Å²) in [6.07, 6.45) is 2.83. The molecule has 1 N–H and O–H groups in total. The van der Waals surface area contributed by atoms with Crippen molar-refractivity contribution in [3.8, 4) is 0 Å². The number of nitrogens with one attached hydrogen (secondary N) is 1. The van der Waals surface area contributed by atoms with Gasteiger partial charge in [-0.3, -0.25) is 4.79 Å². The van der Waals surface area contributed by atoms with E-state index in [1.54, 1.807) is 0 Å². The van der Waals surface area contributed by atoms with E-state index in [0.29, 0.717) is 29.5 Å². The van der Waals surface area contributed by atoms with Crippen molar-refractivity contribution in [2.75, 3.05) is 6.61 Å². The van der Waals surface area contributed by atoms with Gasteiger partial charge in [0.2, 0.25) is 5.91 Å². The maximum absolute atomic E-state index is 11.9. The second-order valence-corrected chi connectivity index (χ2v) is 5.51. The van der Waals surface area contributed by atoms with Crippen LogP contribution < -0.4 is 5.32 Å². The first-order valence-corrected chi connectivity index (χ1v) is 6.75. The summed E-state index contributed by atoms with van der Waals surface area (Å²) in [5.74, 6) is 0.612. The maximum atomic E-state index is 11.9. The standard InChI is InChI=1S/C14H16ClNO2/c15-10-3-1-2-9(6-10)7-14(17)16-12-8-13-11(12)4-5-18-13/h1-3,6,11-13H,4-5,7-8H2,(H,16,17)/t11-,12+,13+/m0/s1. The first kappa shape index (κ1) is 12.0. The number of benzene rings is 1. The first-order chi connectivity index (χ1) is 8.72. The Kier molecular flexibility index (Phi) is 3.27. The molecule has 1 aromatic carbocycles. The molecule has 0 aromatic heterocycles. The van der Waals surface area contributed by atoms with Crippen LogP contribution in [-0.4, -0.2) is 24.7 Å². The second kappa shape index (κ2) is 4.90. The number of carbonyl (C=O) groups excluding carboxylic acids is 1. The molecule has 96 valence electrons. The van der Waals surface area contributed by atoms with Crippen LogP contribution in [-0.2, 0) is 16.0 Å². The Hall–Kier alpha value is -1.06. The molecule has 2 aliphatic rings. The largest absolute Gasteiger partial charge is 0.378 e. The third-order valence-electron chi connectivity index (χ3n) is 3.86. The zero-order valence-electron chi connectivity index (χ0n) is 10.1. The molecule has 1 aliphatic heterocycles. The Morgan fingerprint density at radius 2 is 2.39 bits per heavy atom. The van der Waals surface area contributed by atoms with Crippen molar-refractivity contribution in [3.63, 3.8) is 0 Å². The lowest BCUT2D eigenvalue weighted by atomic mass is 9.76. The Labute approximate surface area is 111 Å². The van der Waals surface area contributed by atoms with E-state index in [2.05, 4.69) is 5.32 Å². The summed E-state index contributed by atoms with van der Waals surface area (Å²) in [5.41, 5.74) is 0.957. The molecule has 1 saturated carbocycles. The fourth-order valence-corrected chi connectivity index (χ4v) is 3.07. The van der Waals surface area contributed by atoms with Gasteiger partial charge in [-0.2, -0.15) is 0 Å². The van der Waals surface area contributed by atoms with Gasteiger partial charge in [-0.25, -0.2) is 0 Å². The van der Waals surface area contributed by atoms with Crippen molar-refractivity contribution in [2.24, 2.45) is 5.92 Å². The second-order valence-electron chi connectivity index (χ2n) is 5.08. The molecule has 0 unspecified atom stereocenters. The Morgan fingerprint density at radius 3 is 3.17 bits per heavy atom. The number of halogens is 1. The molecule has 1 aromatic rings. The highest BCUT2D eigenvalue weighted by atomic mass is 35.5. The van der Waals surface area contributed by atoms with Gasteiger partial charge in [-0.15, -0.1) is 0 Å². The SMILES string of the molecule is O=C(Cc1cccc(Cl)c1)N[C@@H]1C[C@H]2OCC[C@@H]12. The molecule has 18 heavy (non-hydrogen) atoms. The minimum atomic E-state index is 0.0765. The lowest BCUT2D eigenvalue weighted by molar-refractivity contribution is -0.123. The van der Waals surface area contributed by atoms with Crippen molar-refractivity contribution in [1.29, 1.82) is 0 Å². The van der Waals surface area contributed by atoms with Gasteiger partial charge in [0.25, 0.3) is 0 Å². The van der Waals surface area contributed by atoms with Crippen molar-refractivity contribution in [2.45, 2.75) is 31.4 Å². The van der Waals surface area contributed by atoms with E-state index in [-0.39, 0.29) is 5.91 Å². The molecule has 1 heterocycles. The minimum absolute atomic E-state index is 0.0765. The number of rotatable bonds is 3. The molecule has 0 bridgehead atoms. The van der Waals surface area contributed by atoms with E-state index in [4.69, 9.17) is 16.3 Å². The third kappa shape index (κ3) is 2.38. The van der Waals surface area contributed by atoms with Crippen molar-refractivity contribution in [3.05, 3.63) is 34.9 Å². The summed E-state index contributed by atoms with van der Waals surface area (Å²) in [6.45, 7) is 0.843. The number of hydrogen-bond acceptors (Lipinski definition) is 2. The highest BCUT2D eigenvalue weighted by molar-refractivity contribution is 6.30. The molecular weight excluding hydrogens is 250 g/mol. The van der Waals surface area contributed by atoms with Crippen molar-refractivity contribution < 1.29 is 9.53 Å². The van der Waals surface area contributed by atoms with Gasteiger partial charge >= 0.3 is 0 Å². The lowest BCUT2D eigenvalue weighted by Crippen LogP contribution is -2.53. The monoisotopic (exact) mass is 265 g/mol. The number of amides is 1. The summed E-state index contributed by atoms with van der Waals surface area (Å²) in [7, 11) is 0. The topological polar surface area (TPSA) is 38.3 Å². The molecule has 3 rings (SSSR count). The van der Waals surface area contributed by atoms with Gasteiger partial charge < -0.3 is 10.1 Å². The highest BCUT2D eigenvalue weighted by Gasteiger charge is 2.45. The van der Waals surface area contributed by atoms with E-state index in [0.717, 1.165) is 25.0 Å². The Balaban J connectivity index is 1.53. The van der Waals surface area contributed by atoms with Gasteiger partial charge in [-0.1, -0.05) is 23.7 Å². The highest BCUT2D eigenvalue weighted by Crippen LogP contribution is 2.38. The van der Waals surface area contributed by atoms with Crippen LogP contribution >= 0.6 is 11.6 Å². The zero-order valence-corrected chi connectivity index (χ0v) is 10.8. The molecular formula is C14H16ClNO2. The summed E-state index contributed by atoms with van der Waals surface area (Å²) in [5, 5.41) is 3.77. The number of hydrogen-bond donors (Lipinski definition) is 1. The van der Waals surface area contributed by atoms with Crippen LogP contribution in [0.5, 0.6) is 0 Å². The molecule has 1 aliphatic carbocycles. The molecule has 0 spiro atoms. The molecule has 0 radical (unpaired) electrons. The zero-order chi connectivity index (χ0) is 12.5. The number of ether oxygens (including phenoxy) is 1. The summed E-state index contributed by atoms with van der Waals surface area (Å²) >= 11 is 5.90. The van der Waals surface area contributed by atoms with Crippen LogP contribution in [0.25, 0.3) is 0 Å². The van der Waals surface area contributed by atoms with Crippen LogP contribution in [0.2, 0.25) is 5.02 Å². The predicted molar refractivity (Wildman–Crippen MR) is 69.6 cm³/mol. The van der Waals surface area contributed by atoms with E-state index in [9.17, 15) is 4.79 Å². The summed E-state index contributed by atoms with van der Waals surface area (Å²) < 4.78 is 5.53. The summed E-state index contributed by atoms with van der Waals surface area (Å²) in [4.78, 5) is 11.9. The quantitative estimate of drug-likeness (QED) is 0.910. The normalized spacial score (nSPS) is 29.5. The third-order valence-corrected chi connectivity index (χ3v) is 4.10. The maximum Gasteiger partial charge on any atom is 0.224 e. The fraction of sp³-hybridized carbons (Fsp3) is 0.500. The van der Waals surface area contributed by atoms with E-state index in [1.807, 2.05) is 24.3 Å². The number of carbonyl (C=O) groups is 1. The Morgan fingerprint density at radius 1 is 1.50 bits per heavy atom. The molecule has 1 saturated heterocycles. The molecule has 3 atom stereocenters. The summed E-state index contributed by atoms with van der Waals surface area (Å²) in [6, 6.07) is 7.76. The van der Waals surface area contributed by atoms with E-state index < -0.39 is 0 Å². The molecule has 1 amide bonds. The van der Waals surface area contributed by atoms with Crippen LogP contribution in [0, 0.1) is 5.92 Å². The molecule has 3 nitrogen and oxygen atoms in total. The Bertz CT molecular complexity index is 463. The van der Waals surface area contributed by atoms with Crippen LogP contribution in [0.15, 0.2) is 24.3 Å². The molecule has 2 fully saturated rings. The predicted octanol–water partition coefficient (Wildman–Crippen LogP) is 2.18. The fourth-order valence-electron chi connectivity index (χ4n) is 2.85. The lowest BCUT2D eigenvalue weighted by Gasteiger charge is -2.39. The van der Waals surface area contributed by atoms with Crippen molar-refractivity contribution in [1.82, 2.24) is 5.32 Å². The van der Waals surface area contributed by atoms with E-state index in [1.165, 1.54) is 0 Å². The smallest absolute Gasteiger partial charge is 0.224 e.